The van der Waals surface area contributed by atoms with Crippen LogP contribution in [0.25, 0.3) is 0 Å². The van der Waals surface area contributed by atoms with E-state index in [-0.39, 0.29) is 5.02 Å². The Balaban J connectivity index is 2.88. The molecule has 0 saturated heterocycles. The van der Waals surface area contributed by atoms with Crippen LogP contribution < -0.4 is 10.5 Å². The van der Waals surface area contributed by atoms with Crippen LogP contribution in [0.5, 0.6) is 5.75 Å². The van der Waals surface area contributed by atoms with E-state index in [9.17, 15) is 4.79 Å². The second-order valence-corrected chi connectivity index (χ2v) is 3.33. The number of benzene rings is 1. The molecule has 0 fully saturated rings. The van der Waals surface area contributed by atoms with E-state index in [1.165, 1.54) is 19.1 Å². The maximum absolute atomic E-state index is 10.7. The lowest BCUT2D eigenvalue weighted by Crippen LogP contribution is -2.30. The number of nitrogens with two attached hydrogens (primary N) is 1. The first kappa shape index (κ1) is 11.3. The van der Waals surface area contributed by atoms with Crippen molar-refractivity contribution in [3.63, 3.8) is 0 Å². The van der Waals surface area contributed by atoms with Crippen LogP contribution >= 0.6 is 11.6 Å². The summed E-state index contributed by atoms with van der Waals surface area (Å²) in [5.41, 5.74) is 5.46. The minimum absolute atomic E-state index is 0.280. The second-order valence-electron chi connectivity index (χ2n) is 2.92. The maximum Gasteiger partial charge on any atom is 0.258 e. The van der Waals surface area contributed by atoms with Gasteiger partial charge in [0.05, 0.1) is 16.7 Å². The normalized spacial score (nSPS) is 11.5. The zero-order valence-corrected chi connectivity index (χ0v) is 8.78. The summed E-state index contributed by atoms with van der Waals surface area (Å²) < 4.78 is 5.19. The van der Waals surface area contributed by atoms with Crippen molar-refractivity contribution in [3.05, 3.63) is 28.8 Å². The number of halogens is 1. The lowest BCUT2D eigenvalue weighted by Gasteiger charge is -2.12. The van der Waals surface area contributed by atoms with Crippen molar-refractivity contribution in [2.45, 2.75) is 13.0 Å². The average Bonchev–Trinajstić information content (AvgIpc) is 2.20. The van der Waals surface area contributed by atoms with Crippen LogP contribution in [0.1, 0.15) is 12.5 Å². The Hall–Kier alpha value is -1.73. The predicted molar refractivity (Wildman–Crippen MR) is 55.5 cm³/mol. The third kappa shape index (κ3) is 2.86. The fourth-order valence-electron chi connectivity index (χ4n) is 0.914. The molecule has 1 atom stereocenters. The van der Waals surface area contributed by atoms with Crippen LogP contribution in [-0.4, -0.2) is 12.0 Å². The number of ether oxygens (including phenoxy) is 1. The van der Waals surface area contributed by atoms with Crippen molar-refractivity contribution in [1.82, 2.24) is 0 Å². The molecule has 0 aliphatic rings. The Morgan fingerprint density at radius 3 is 2.80 bits per heavy atom. The number of carbonyl (C=O) groups is 1. The van der Waals surface area contributed by atoms with E-state index in [0.29, 0.717) is 11.3 Å². The zero-order valence-electron chi connectivity index (χ0n) is 8.03. The predicted octanol–water partition coefficient (Wildman–Crippen LogP) is 1.46. The summed E-state index contributed by atoms with van der Waals surface area (Å²) >= 11 is 5.83. The van der Waals surface area contributed by atoms with Gasteiger partial charge < -0.3 is 10.5 Å². The van der Waals surface area contributed by atoms with Gasteiger partial charge in [-0.1, -0.05) is 11.6 Å². The Kier molecular flexibility index (Phi) is 3.53. The molecule has 4 nitrogen and oxygen atoms in total. The molecule has 0 saturated carbocycles. The van der Waals surface area contributed by atoms with Gasteiger partial charge in [0.15, 0.2) is 6.10 Å². The number of amides is 1. The molecule has 0 aliphatic heterocycles. The van der Waals surface area contributed by atoms with Gasteiger partial charge in [0.25, 0.3) is 5.91 Å². The molecular weight excluding hydrogens is 216 g/mol. The van der Waals surface area contributed by atoms with Gasteiger partial charge in [0, 0.05) is 0 Å². The van der Waals surface area contributed by atoms with Gasteiger partial charge in [-0.3, -0.25) is 4.79 Å². The number of hydrogen-bond donors (Lipinski definition) is 1. The molecule has 1 amide bonds. The topological polar surface area (TPSA) is 76.1 Å². The average molecular weight is 225 g/mol. The maximum atomic E-state index is 10.7. The van der Waals surface area contributed by atoms with Gasteiger partial charge in [-0.15, -0.1) is 0 Å². The molecule has 2 N–H and O–H groups in total. The van der Waals surface area contributed by atoms with E-state index in [1.807, 2.05) is 6.07 Å². The second kappa shape index (κ2) is 4.67. The molecule has 1 aromatic rings. The first-order valence-electron chi connectivity index (χ1n) is 4.20. The Bertz CT molecular complexity index is 426. The molecule has 0 heterocycles. The first-order valence-corrected chi connectivity index (χ1v) is 4.58. The number of nitriles is 1. The highest BCUT2D eigenvalue weighted by atomic mass is 35.5. The lowest BCUT2D eigenvalue weighted by molar-refractivity contribution is -0.123. The number of rotatable bonds is 3. The lowest BCUT2D eigenvalue weighted by atomic mass is 10.2. The summed E-state index contributed by atoms with van der Waals surface area (Å²) in [5.74, 6) is -0.239. The summed E-state index contributed by atoms with van der Waals surface area (Å²) in [7, 11) is 0. The molecule has 15 heavy (non-hydrogen) atoms. The van der Waals surface area contributed by atoms with Crippen LogP contribution in [0.2, 0.25) is 5.02 Å². The van der Waals surface area contributed by atoms with Crippen molar-refractivity contribution in [2.75, 3.05) is 0 Å². The largest absolute Gasteiger partial charge is 0.479 e. The van der Waals surface area contributed by atoms with E-state index < -0.39 is 12.0 Å². The highest BCUT2D eigenvalue weighted by Crippen LogP contribution is 2.25. The first-order chi connectivity index (χ1) is 7.04. The molecule has 78 valence electrons. The van der Waals surface area contributed by atoms with Crippen LogP contribution in [0.4, 0.5) is 0 Å². The molecule has 5 heteroatoms. The molecule has 1 aromatic carbocycles. The number of nitrogens with zero attached hydrogens (tertiary/aromatic N) is 1. The van der Waals surface area contributed by atoms with Gasteiger partial charge in [-0.2, -0.15) is 5.26 Å². The van der Waals surface area contributed by atoms with Gasteiger partial charge in [-0.25, -0.2) is 0 Å². The minimum atomic E-state index is -0.754. The molecule has 0 aromatic heterocycles. The molecule has 0 aliphatic carbocycles. The summed E-state index contributed by atoms with van der Waals surface area (Å²) in [6.07, 6.45) is -0.754. The highest BCUT2D eigenvalue weighted by Gasteiger charge is 2.12. The van der Waals surface area contributed by atoms with Crippen molar-refractivity contribution in [2.24, 2.45) is 5.73 Å². The quantitative estimate of drug-likeness (QED) is 0.845. The molecule has 0 radical (unpaired) electrons. The van der Waals surface area contributed by atoms with Crippen molar-refractivity contribution >= 4 is 17.5 Å². The number of carbonyl (C=O) groups excluding carboxylic acids is 1. The van der Waals surface area contributed by atoms with Crippen LogP contribution in [0.15, 0.2) is 18.2 Å². The number of primary amides is 1. The SMILES string of the molecule is C[C@@H](Oc1ccc(C#N)cc1Cl)C(N)=O. The molecule has 0 spiro atoms. The highest BCUT2D eigenvalue weighted by molar-refractivity contribution is 6.32. The van der Waals surface area contributed by atoms with E-state index in [0.717, 1.165) is 0 Å². The Labute approximate surface area is 92.2 Å². The van der Waals surface area contributed by atoms with Crippen molar-refractivity contribution in [3.8, 4) is 11.8 Å². The summed E-state index contributed by atoms with van der Waals surface area (Å²) in [6, 6.07) is 6.48. The van der Waals surface area contributed by atoms with Gasteiger partial charge >= 0.3 is 0 Å². The van der Waals surface area contributed by atoms with E-state index in [4.69, 9.17) is 27.3 Å². The van der Waals surface area contributed by atoms with Crippen LogP contribution in [0, 0.1) is 11.3 Å². The van der Waals surface area contributed by atoms with Gasteiger partial charge in [0.2, 0.25) is 0 Å². The molecule has 0 bridgehead atoms. The van der Waals surface area contributed by atoms with Crippen LogP contribution in [0.3, 0.4) is 0 Å². The third-order valence-electron chi connectivity index (χ3n) is 1.77. The Morgan fingerprint density at radius 1 is 1.67 bits per heavy atom. The number of hydrogen-bond acceptors (Lipinski definition) is 3. The Morgan fingerprint density at radius 2 is 2.33 bits per heavy atom. The van der Waals surface area contributed by atoms with Gasteiger partial charge in [-0.05, 0) is 25.1 Å². The van der Waals surface area contributed by atoms with Crippen LogP contribution in [-0.2, 0) is 4.79 Å². The third-order valence-corrected chi connectivity index (χ3v) is 2.06. The fraction of sp³-hybridized carbons (Fsp3) is 0.200. The summed E-state index contributed by atoms with van der Waals surface area (Å²) in [5, 5.41) is 8.88. The minimum Gasteiger partial charge on any atom is -0.479 e. The summed E-state index contributed by atoms with van der Waals surface area (Å²) in [4.78, 5) is 10.7. The summed E-state index contributed by atoms with van der Waals surface area (Å²) in [6.45, 7) is 1.52. The van der Waals surface area contributed by atoms with E-state index in [2.05, 4.69) is 0 Å². The standard InChI is InChI=1S/C10H9ClN2O2/c1-6(10(13)14)15-9-3-2-7(5-12)4-8(9)11/h2-4,6H,1H3,(H2,13,14)/t6-/m1/s1. The molecule has 1 rings (SSSR count). The smallest absolute Gasteiger partial charge is 0.258 e. The van der Waals surface area contributed by atoms with E-state index in [1.54, 1.807) is 6.07 Å². The zero-order chi connectivity index (χ0) is 11.4. The van der Waals surface area contributed by atoms with Gasteiger partial charge in [0.1, 0.15) is 5.75 Å². The van der Waals surface area contributed by atoms with E-state index >= 15 is 0 Å². The van der Waals surface area contributed by atoms with Crippen molar-refractivity contribution in [1.29, 1.82) is 5.26 Å². The molecular formula is C10H9ClN2O2. The van der Waals surface area contributed by atoms with Crippen molar-refractivity contribution < 1.29 is 9.53 Å². The molecule has 0 unspecified atom stereocenters. The monoisotopic (exact) mass is 224 g/mol. The fourth-order valence-corrected chi connectivity index (χ4v) is 1.14.